The minimum absolute atomic E-state index is 0.288. The van der Waals surface area contributed by atoms with Crippen LogP contribution in [0.5, 0.6) is 0 Å². The van der Waals surface area contributed by atoms with Crippen LogP contribution in [-0.4, -0.2) is 25.8 Å². The topological polar surface area (TPSA) is 21.3 Å². The number of rotatable bonds is 6. The number of benzene rings is 1. The second kappa shape index (κ2) is 6.29. The quantitative estimate of drug-likeness (QED) is 0.810. The molecule has 1 aromatic rings. The third-order valence-corrected chi connectivity index (χ3v) is 2.44. The number of nitrogens with one attached hydrogen (secondary N) is 1. The number of hydrogen-bond acceptors (Lipinski definition) is 2. The molecule has 108 valence electrons. The zero-order valence-electron chi connectivity index (χ0n) is 10.2. The van der Waals surface area contributed by atoms with Crippen LogP contribution >= 0.6 is 0 Å². The van der Waals surface area contributed by atoms with Crippen LogP contribution in [0.2, 0.25) is 0 Å². The highest BCUT2D eigenvalue weighted by Gasteiger charge is 2.57. The molecule has 0 amide bonds. The Morgan fingerprint density at radius 2 is 1.63 bits per heavy atom. The fraction of sp³-hybridized carbons (Fsp3) is 0.500. The van der Waals surface area contributed by atoms with Crippen molar-refractivity contribution in [3.05, 3.63) is 35.4 Å². The summed E-state index contributed by atoms with van der Waals surface area (Å²) in [4.78, 5) is 0. The van der Waals surface area contributed by atoms with Crippen molar-refractivity contribution in [1.29, 1.82) is 0 Å². The maximum atomic E-state index is 12.6. The van der Waals surface area contributed by atoms with Crippen LogP contribution in [0.4, 0.5) is 22.0 Å². The molecule has 0 saturated carbocycles. The zero-order valence-corrected chi connectivity index (χ0v) is 10.2. The Kier molecular flexibility index (Phi) is 5.25. The Morgan fingerprint density at radius 1 is 1.05 bits per heavy atom. The van der Waals surface area contributed by atoms with Gasteiger partial charge < -0.3 is 10.1 Å². The van der Waals surface area contributed by atoms with Crippen molar-refractivity contribution in [1.82, 2.24) is 5.32 Å². The third kappa shape index (κ3) is 4.43. The molecule has 0 aromatic heterocycles. The zero-order chi connectivity index (χ0) is 14.5. The van der Waals surface area contributed by atoms with E-state index in [-0.39, 0.29) is 6.61 Å². The molecule has 0 bridgehead atoms. The molecule has 0 fully saturated rings. The van der Waals surface area contributed by atoms with Gasteiger partial charge in [-0.15, -0.1) is 0 Å². The van der Waals surface area contributed by atoms with Gasteiger partial charge in [-0.2, -0.15) is 22.0 Å². The lowest BCUT2D eigenvalue weighted by molar-refractivity contribution is -0.297. The van der Waals surface area contributed by atoms with E-state index in [1.165, 1.54) is 0 Å². The summed E-state index contributed by atoms with van der Waals surface area (Å²) in [6, 6.07) is 6.79. The molecule has 1 rings (SSSR count). The van der Waals surface area contributed by atoms with Gasteiger partial charge in [-0.3, -0.25) is 0 Å². The van der Waals surface area contributed by atoms with Gasteiger partial charge in [-0.25, -0.2) is 0 Å². The standard InChI is InChI=1S/C12H14F5NO/c1-18-6-9-4-2-3-5-10(9)7-19-8-11(13,14)12(15,16)17/h2-5,18H,6-8H2,1H3. The minimum atomic E-state index is -5.59. The Labute approximate surface area is 107 Å². The van der Waals surface area contributed by atoms with Crippen molar-refractivity contribution in [3.8, 4) is 0 Å². The fourth-order valence-electron chi connectivity index (χ4n) is 1.43. The van der Waals surface area contributed by atoms with E-state index in [0.717, 1.165) is 5.56 Å². The fourth-order valence-corrected chi connectivity index (χ4v) is 1.43. The summed E-state index contributed by atoms with van der Waals surface area (Å²) in [6.45, 7) is -1.48. The van der Waals surface area contributed by atoms with Gasteiger partial charge in [0.2, 0.25) is 0 Å². The van der Waals surface area contributed by atoms with Crippen molar-refractivity contribution < 1.29 is 26.7 Å². The molecular formula is C12H14F5NO. The second-order valence-electron chi connectivity index (χ2n) is 3.99. The molecule has 0 aliphatic carbocycles. The Morgan fingerprint density at radius 3 is 2.16 bits per heavy atom. The summed E-state index contributed by atoms with van der Waals surface area (Å²) in [7, 11) is 1.70. The molecule has 0 aliphatic heterocycles. The first-order valence-corrected chi connectivity index (χ1v) is 5.51. The van der Waals surface area contributed by atoms with E-state index in [4.69, 9.17) is 0 Å². The van der Waals surface area contributed by atoms with Crippen LogP contribution in [0.3, 0.4) is 0 Å². The number of hydrogen-bond donors (Lipinski definition) is 1. The van der Waals surface area contributed by atoms with Crippen molar-refractivity contribution in [3.63, 3.8) is 0 Å². The van der Waals surface area contributed by atoms with Crippen LogP contribution < -0.4 is 5.32 Å². The maximum Gasteiger partial charge on any atom is 0.455 e. The first kappa shape index (κ1) is 15.8. The first-order valence-electron chi connectivity index (χ1n) is 5.51. The SMILES string of the molecule is CNCc1ccccc1COCC(F)(F)C(F)(F)F. The molecule has 0 aliphatic rings. The van der Waals surface area contributed by atoms with Gasteiger partial charge in [0.25, 0.3) is 0 Å². The summed E-state index contributed by atoms with van der Waals surface area (Å²) in [5.41, 5.74) is 1.37. The van der Waals surface area contributed by atoms with Gasteiger partial charge >= 0.3 is 12.1 Å². The van der Waals surface area contributed by atoms with Crippen LogP contribution in [0.15, 0.2) is 24.3 Å². The average molecular weight is 283 g/mol. The van der Waals surface area contributed by atoms with Gasteiger partial charge in [0.15, 0.2) is 0 Å². The second-order valence-corrected chi connectivity index (χ2v) is 3.99. The number of alkyl halides is 5. The van der Waals surface area contributed by atoms with E-state index in [0.29, 0.717) is 12.1 Å². The van der Waals surface area contributed by atoms with Gasteiger partial charge in [-0.05, 0) is 18.2 Å². The number of halogens is 5. The van der Waals surface area contributed by atoms with Crippen molar-refractivity contribution in [2.24, 2.45) is 0 Å². The summed E-state index contributed by atoms with van der Waals surface area (Å²) in [5, 5.41) is 2.87. The predicted octanol–water partition coefficient (Wildman–Crippen LogP) is 3.12. The molecule has 7 heteroatoms. The lowest BCUT2D eigenvalue weighted by Crippen LogP contribution is -2.40. The number of ether oxygens (including phenoxy) is 1. The van der Waals surface area contributed by atoms with Crippen LogP contribution in [-0.2, 0) is 17.9 Å². The molecular weight excluding hydrogens is 269 g/mol. The van der Waals surface area contributed by atoms with Gasteiger partial charge in [-0.1, -0.05) is 24.3 Å². The molecule has 0 saturated heterocycles. The summed E-state index contributed by atoms with van der Waals surface area (Å²) >= 11 is 0. The van der Waals surface area contributed by atoms with E-state index in [9.17, 15) is 22.0 Å². The van der Waals surface area contributed by atoms with Crippen LogP contribution in [0.25, 0.3) is 0 Å². The smallest absolute Gasteiger partial charge is 0.370 e. The molecule has 0 atom stereocenters. The molecule has 0 radical (unpaired) electrons. The van der Waals surface area contributed by atoms with E-state index < -0.39 is 18.7 Å². The first-order chi connectivity index (χ1) is 8.78. The highest BCUT2D eigenvalue weighted by Crippen LogP contribution is 2.35. The Balaban J connectivity index is 2.59. The Hall–Kier alpha value is -1.21. The molecule has 2 nitrogen and oxygen atoms in total. The minimum Gasteiger partial charge on any atom is -0.370 e. The summed E-state index contributed by atoms with van der Waals surface area (Å²) in [5.74, 6) is -4.83. The molecule has 0 spiro atoms. The van der Waals surface area contributed by atoms with Crippen LogP contribution in [0, 0.1) is 0 Å². The summed E-state index contributed by atoms with van der Waals surface area (Å²) in [6.07, 6.45) is -5.59. The normalized spacial score (nSPS) is 12.7. The monoisotopic (exact) mass is 283 g/mol. The molecule has 0 heterocycles. The van der Waals surface area contributed by atoms with Crippen molar-refractivity contribution in [2.45, 2.75) is 25.3 Å². The van der Waals surface area contributed by atoms with Gasteiger partial charge in [0.1, 0.15) is 6.61 Å². The lowest BCUT2D eigenvalue weighted by Gasteiger charge is -2.19. The maximum absolute atomic E-state index is 12.6. The molecule has 1 N–H and O–H groups in total. The van der Waals surface area contributed by atoms with Gasteiger partial charge in [0.05, 0.1) is 6.61 Å². The van der Waals surface area contributed by atoms with E-state index in [2.05, 4.69) is 10.1 Å². The summed E-state index contributed by atoms with van der Waals surface area (Å²) < 4.78 is 65.5. The van der Waals surface area contributed by atoms with Crippen molar-refractivity contribution >= 4 is 0 Å². The molecule has 1 aromatic carbocycles. The van der Waals surface area contributed by atoms with Crippen molar-refractivity contribution in [2.75, 3.05) is 13.7 Å². The highest BCUT2D eigenvalue weighted by molar-refractivity contribution is 5.26. The largest absolute Gasteiger partial charge is 0.455 e. The highest BCUT2D eigenvalue weighted by atomic mass is 19.4. The average Bonchev–Trinajstić information content (AvgIpc) is 2.30. The van der Waals surface area contributed by atoms with Crippen LogP contribution in [0.1, 0.15) is 11.1 Å². The van der Waals surface area contributed by atoms with E-state index >= 15 is 0 Å². The van der Waals surface area contributed by atoms with Gasteiger partial charge in [0, 0.05) is 6.54 Å². The molecule has 19 heavy (non-hydrogen) atoms. The Bertz CT molecular complexity index is 405. The predicted molar refractivity (Wildman–Crippen MR) is 59.9 cm³/mol. The van der Waals surface area contributed by atoms with E-state index in [1.807, 2.05) is 0 Å². The van der Waals surface area contributed by atoms with E-state index in [1.54, 1.807) is 31.3 Å². The third-order valence-electron chi connectivity index (χ3n) is 2.44. The lowest BCUT2D eigenvalue weighted by atomic mass is 10.1. The molecule has 0 unspecified atom stereocenters.